The average molecular weight is 423 g/mol. The Kier molecular flexibility index (Phi) is 6.70. The number of benzene rings is 2. The summed E-state index contributed by atoms with van der Waals surface area (Å²) in [5, 5.41) is 3.31. The molecule has 1 aliphatic rings. The second-order valence-electron chi connectivity index (χ2n) is 5.37. The molecular weight excluding hydrogens is 401 g/mol. The van der Waals surface area contributed by atoms with E-state index in [1.807, 2.05) is 36.4 Å². The number of aliphatic imine (C=N–C) groups is 1. The van der Waals surface area contributed by atoms with Crippen LogP contribution in [0.25, 0.3) is 0 Å². The van der Waals surface area contributed by atoms with Crippen molar-refractivity contribution in [2.24, 2.45) is 10.7 Å². The number of nitrogens with one attached hydrogen (secondary N) is 1. The van der Waals surface area contributed by atoms with E-state index in [0.717, 1.165) is 24.2 Å². The van der Waals surface area contributed by atoms with Gasteiger partial charge in [-0.05, 0) is 18.1 Å². The van der Waals surface area contributed by atoms with Crippen molar-refractivity contribution in [2.45, 2.75) is 18.9 Å². The zero-order valence-electron chi connectivity index (χ0n) is 12.9. The topological polar surface area (TPSA) is 59.6 Å². The molecule has 0 radical (unpaired) electrons. The normalized spacial score (nSPS) is 16.7. The van der Waals surface area contributed by atoms with Crippen LogP contribution in [0.1, 0.15) is 23.6 Å². The first-order valence-corrected chi connectivity index (χ1v) is 7.65. The van der Waals surface area contributed by atoms with E-state index >= 15 is 0 Å². The Balaban J connectivity index is 0.00000192. The second-order valence-corrected chi connectivity index (χ2v) is 5.37. The molecule has 1 atom stereocenters. The lowest BCUT2D eigenvalue weighted by atomic mass is 10.0. The summed E-state index contributed by atoms with van der Waals surface area (Å²) in [5.74, 6) is 1.43. The van der Waals surface area contributed by atoms with Gasteiger partial charge >= 0.3 is 0 Å². The molecule has 1 heterocycles. The summed E-state index contributed by atoms with van der Waals surface area (Å²) in [5.41, 5.74) is 8.45. The predicted molar refractivity (Wildman–Crippen MR) is 104 cm³/mol. The van der Waals surface area contributed by atoms with Gasteiger partial charge in [0.05, 0.1) is 12.6 Å². The summed E-state index contributed by atoms with van der Waals surface area (Å²) < 4.78 is 5.65. The van der Waals surface area contributed by atoms with E-state index in [4.69, 9.17) is 10.5 Å². The molecule has 23 heavy (non-hydrogen) atoms. The number of hydrogen-bond acceptors (Lipinski definition) is 2. The third kappa shape index (κ3) is 4.86. The van der Waals surface area contributed by atoms with Gasteiger partial charge in [0.1, 0.15) is 5.75 Å². The first-order valence-electron chi connectivity index (χ1n) is 7.65. The largest absolute Gasteiger partial charge is 0.493 e. The smallest absolute Gasteiger partial charge is 0.189 e. The Hall–Kier alpha value is -1.76. The van der Waals surface area contributed by atoms with Gasteiger partial charge in [0, 0.05) is 18.5 Å². The van der Waals surface area contributed by atoms with Crippen LogP contribution in [-0.4, -0.2) is 19.1 Å². The quantitative estimate of drug-likeness (QED) is 0.451. The number of fused-ring (bicyclic) bond motifs is 1. The molecule has 0 amide bonds. The standard InChI is InChI=1S/C18H21N3O.HI/c19-18(20-12-10-14-6-2-1-3-7-14)21-16-11-13-22-17-9-5-4-8-15(16)17;/h1-9,16H,10-13H2,(H3,19,20,21);1H. The van der Waals surface area contributed by atoms with Crippen LogP contribution in [0.4, 0.5) is 0 Å². The molecule has 1 unspecified atom stereocenters. The summed E-state index contributed by atoms with van der Waals surface area (Å²) in [6.45, 7) is 1.39. The number of nitrogens with zero attached hydrogens (tertiary/aromatic N) is 1. The minimum atomic E-state index is 0. The van der Waals surface area contributed by atoms with E-state index in [9.17, 15) is 0 Å². The minimum absolute atomic E-state index is 0. The molecule has 0 spiro atoms. The molecule has 4 nitrogen and oxygen atoms in total. The fraction of sp³-hybridized carbons (Fsp3) is 0.278. The average Bonchev–Trinajstić information content (AvgIpc) is 2.56. The lowest BCUT2D eigenvalue weighted by Crippen LogP contribution is -2.37. The molecule has 0 fully saturated rings. The van der Waals surface area contributed by atoms with Crippen LogP contribution >= 0.6 is 24.0 Å². The van der Waals surface area contributed by atoms with Crippen molar-refractivity contribution in [3.63, 3.8) is 0 Å². The Morgan fingerprint density at radius 1 is 1.13 bits per heavy atom. The zero-order valence-corrected chi connectivity index (χ0v) is 15.3. The first-order chi connectivity index (χ1) is 10.8. The molecule has 0 saturated carbocycles. The molecule has 1 aliphatic heterocycles. The zero-order chi connectivity index (χ0) is 15.2. The number of nitrogens with two attached hydrogens (primary N) is 1. The molecule has 0 bridgehead atoms. The summed E-state index contributed by atoms with van der Waals surface area (Å²) in [4.78, 5) is 4.43. The van der Waals surface area contributed by atoms with Crippen LogP contribution in [0.15, 0.2) is 59.6 Å². The molecular formula is C18H22IN3O. The second kappa shape index (κ2) is 8.76. The van der Waals surface area contributed by atoms with E-state index in [1.54, 1.807) is 0 Å². The predicted octanol–water partition coefficient (Wildman–Crippen LogP) is 3.28. The molecule has 5 heteroatoms. The number of hydrogen-bond donors (Lipinski definition) is 2. The summed E-state index contributed by atoms with van der Waals surface area (Å²) >= 11 is 0. The summed E-state index contributed by atoms with van der Waals surface area (Å²) in [7, 11) is 0. The van der Waals surface area contributed by atoms with E-state index in [0.29, 0.717) is 19.1 Å². The monoisotopic (exact) mass is 423 g/mol. The Morgan fingerprint density at radius 2 is 1.87 bits per heavy atom. The molecule has 3 rings (SSSR count). The lowest BCUT2D eigenvalue weighted by Gasteiger charge is -2.26. The molecule has 122 valence electrons. The number of ether oxygens (including phenoxy) is 1. The molecule has 0 aliphatic carbocycles. The third-order valence-corrected chi connectivity index (χ3v) is 3.81. The molecule has 0 saturated heterocycles. The molecule has 2 aromatic rings. The minimum Gasteiger partial charge on any atom is -0.493 e. The van der Waals surface area contributed by atoms with Crippen LogP contribution in [0.5, 0.6) is 5.75 Å². The van der Waals surface area contributed by atoms with Gasteiger partial charge in [-0.25, -0.2) is 0 Å². The van der Waals surface area contributed by atoms with Crippen LogP contribution in [0.2, 0.25) is 0 Å². The van der Waals surface area contributed by atoms with E-state index in [2.05, 4.69) is 28.5 Å². The fourth-order valence-corrected chi connectivity index (χ4v) is 2.67. The number of para-hydroxylation sites is 1. The van der Waals surface area contributed by atoms with Crippen molar-refractivity contribution < 1.29 is 4.74 Å². The van der Waals surface area contributed by atoms with Gasteiger partial charge in [0.25, 0.3) is 0 Å². The molecule has 3 N–H and O–H groups in total. The SMILES string of the molecule is I.NC(=NCCc1ccccc1)NC1CCOc2ccccc21. The van der Waals surface area contributed by atoms with Crippen molar-refractivity contribution >= 4 is 29.9 Å². The number of rotatable bonds is 4. The van der Waals surface area contributed by atoms with Gasteiger partial charge in [-0.3, -0.25) is 4.99 Å². The summed E-state index contributed by atoms with van der Waals surface area (Å²) in [6.07, 6.45) is 1.79. The molecule has 2 aromatic carbocycles. The van der Waals surface area contributed by atoms with Crippen molar-refractivity contribution in [1.82, 2.24) is 5.32 Å². The van der Waals surface area contributed by atoms with E-state index < -0.39 is 0 Å². The van der Waals surface area contributed by atoms with Gasteiger partial charge in [-0.15, -0.1) is 24.0 Å². The number of guanidine groups is 1. The Morgan fingerprint density at radius 3 is 2.70 bits per heavy atom. The third-order valence-electron chi connectivity index (χ3n) is 3.81. The van der Waals surface area contributed by atoms with Gasteiger partial charge in [0.15, 0.2) is 5.96 Å². The van der Waals surface area contributed by atoms with Gasteiger partial charge in [-0.2, -0.15) is 0 Å². The highest BCUT2D eigenvalue weighted by atomic mass is 127. The summed E-state index contributed by atoms with van der Waals surface area (Å²) in [6, 6.07) is 18.6. The van der Waals surface area contributed by atoms with Crippen LogP contribution in [0, 0.1) is 0 Å². The maximum Gasteiger partial charge on any atom is 0.189 e. The maximum absolute atomic E-state index is 6.02. The van der Waals surface area contributed by atoms with Crippen molar-refractivity contribution in [1.29, 1.82) is 0 Å². The van der Waals surface area contributed by atoms with E-state index in [1.165, 1.54) is 5.56 Å². The Bertz CT molecular complexity index is 646. The van der Waals surface area contributed by atoms with E-state index in [-0.39, 0.29) is 30.0 Å². The fourth-order valence-electron chi connectivity index (χ4n) is 2.67. The van der Waals surface area contributed by atoms with Crippen LogP contribution < -0.4 is 15.8 Å². The van der Waals surface area contributed by atoms with Crippen molar-refractivity contribution in [3.05, 3.63) is 65.7 Å². The van der Waals surface area contributed by atoms with Gasteiger partial charge in [0.2, 0.25) is 0 Å². The number of halogens is 1. The highest BCUT2D eigenvalue weighted by Gasteiger charge is 2.20. The van der Waals surface area contributed by atoms with Crippen molar-refractivity contribution in [3.8, 4) is 5.75 Å². The highest BCUT2D eigenvalue weighted by Crippen LogP contribution is 2.31. The van der Waals surface area contributed by atoms with Crippen LogP contribution in [0.3, 0.4) is 0 Å². The Labute approximate surface area is 154 Å². The van der Waals surface area contributed by atoms with Gasteiger partial charge < -0.3 is 15.8 Å². The van der Waals surface area contributed by atoms with Crippen molar-refractivity contribution in [2.75, 3.05) is 13.2 Å². The molecule has 0 aromatic heterocycles. The lowest BCUT2D eigenvalue weighted by molar-refractivity contribution is 0.262. The van der Waals surface area contributed by atoms with Gasteiger partial charge in [-0.1, -0.05) is 48.5 Å². The van der Waals surface area contributed by atoms with Crippen LogP contribution in [-0.2, 0) is 6.42 Å². The highest BCUT2D eigenvalue weighted by molar-refractivity contribution is 14.0. The maximum atomic E-state index is 6.02. The first kappa shape index (κ1) is 17.6.